The SMILES string of the molecule is CCc1nn(C)c(CC(O)c2ncccc2Br)c1Br. The molecule has 1 N–H and O–H groups in total. The summed E-state index contributed by atoms with van der Waals surface area (Å²) in [7, 11) is 1.89. The van der Waals surface area contributed by atoms with E-state index in [1.807, 2.05) is 23.9 Å². The van der Waals surface area contributed by atoms with Crippen molar-refractivity contribution >= 4 is 31.9 Å². The summed E-state index contributed by atoms with van der Waals surface area (Å²) in [6, 6.07) is 3.71. The fourth-order valence-corrected chi connectivity index (χ4v) is 3.26. The first-order chi connectivity index (χ1) is 9.04. The van der Waals surface area contributed by atoms with Gasteiger partial charge in [0.25, 0.3) is 0 Å². The summed E-state index contributed by atoms with van der Waals surface area (Å²) in [4.78, 5) is 4.22. The fourth-order valence-electron chi connectivity index (χ4n) is 1.96. The molecule has 4 nitrogen and oxygen atoms in total. The molecule has 1 unspecified atom stereocenters. The third-order valence-electron chi connectivity index (χ3n) is 2.99. The number of pyridine rings is 1. The average molecular weight is 389 g/mol. The van der Waals surface area contributed by atoms with Crippen LogP contribution in [-0.4, -0.2) is 19.9 Å². The maximum atomic E-state index is 10.3. The molecule has 2 aromatic heterocycles. The quantitative estimate of drug-likeness (QED) is 0.874. The Bertz CT molecular complexity index is 583. The van der Waals surface area contributed by atoms with Crippen molar-refractivity contribution < 1.29 is 5.11 Å². The molecule has 0 radical (unpaired) electrons. The van der Waals surface area contributed by atoms with Crippen LogP contribution in [0.5, 0.6) is 0 Å². The lowest BCUT2D eigenvalue weighted by Crippen LogP contribution is -2.09. The van der Waals surface area contributed by atoms with Crippen molar-refractivity contribution in [1.82, 2.24) is 14.8 Å². The van der Waals surface area contributed by atoms with Crippen LogP contribution >= 0.6 is 31.9 Å². The fraction of sp³-hybridized carbons (Fsp3) is 0.385. The first-order valence-electron chi connectivity index (χ1n) is 6.03. The van der Waals surface area contributed by atoms with E-state index in [4.69, 9.17) is 0 Å². The third-order valence-corrected chi connectivity index (χ3v) is 4.58. The lowest BCUT2D eigenvalue weighted by atomic mass is 10.1. The average Bonchev–Trinajstić information content (AvgIpc) is 2.66. The smallest absolute Gasteiger partial charge is 0.103 e. The molecule has 0 fully saturated rings. The van der Waals surface area contributed by atoms with E-state index in [1.54, 1.807) is 6.20 Å². The number of halogens is 2. The Hall–Kier alpha value is -0.720. The van der Waals surface area contributed by atoms with E-state index in [9.17, 15) is 5.11 Å². The normalized spacial score (nSPS) is 12.7. The van der Waals surface area contributed by atoms with E-state index in [0.29, 0.717) is 12.1 Å². The lowest BCUT2D eigenvalue weighted by molar-refractivity contribution is 0.170. The molecule has 0 aromatic carbocycles. The van der Waals surface area contributed by atoms with Crippen molar-refractivity contribution in [1.29, 1.82) is 0 Å². The van der Waals surface area contributed by atoms with Gasteiger partial charge in [-0.15, -0.1) is 0 Å². The van der Waals surface area contributed by atoms with Gasteiger partial charge in [-0.2, -0.15) is 5.10 Å². The largest absolute Gasteiger partial charge is 0.386 e. The second kappa shape index (κ2) is 6.15. The van der Waals surface area contributed by atoms with Gasteiger partial charge in [0.05, 0.1) is 21.6 Å². The summed E-state index contributed by atoms with van der Waals surface area (Å²) >= 11 is 6.96. The van der Waals surface area contributed by atoms with Gasteiger partial charge in [0.1, 0.15) is 6.10 Å². The number of aromatic nitrogens is 3. The zero-order valence-corrected chi connectivity index (χ0v) is 13.9. The number of rotatable bonds is 4. The second-order valence-electron chi connectivity index (χ2n) is 4.27. The Kier molecular flexibility index (Phi) is 4.76. The van der Waals surface area contributed by atoms with Crippen LogP contribution in [0.15, 0.2) is 27.3 Å². The molecule has 1 atom stereocenters. The summed E-state index contributed by atoms with van der Waals surface area (Å²) in [5, 5.41) is 14.8. The molecule has 0 aliphatic carbocycles. The van der Waals surface area contributed by atoms with Crippen LogP contribution in [0.3, 0.4) is 0 Å². The van der Waals surface area contributed by atoms with E-state index in [2.05, 4.69) is 48.9 Å². The number of hydrogen-bond donors (Lipinski definition) is 1. The van der Waals surface area contributed by atoms with Crippen molar-refractivity contribution in [2.24, 2.45) is 7.05 Å². The predicted molar refractivity (Wildman–Crippen MR) is 80.9 cm³/mol. The van der Waals surface area contributed by atoms with E-state index < -0.39 is 6.10 Å². The first-order valence-corrected chi connectivity index (χ1v) is 7.61. The van der Waals surface area contributed by atoms with Crippen molar-refractivity contribution in [3.8, 4) is 0 Å². The molecule has 0 aliphatic rings. The number of aliphatic hydroxyl groups excluding tert-OH is 1. The van der Waals surface area contributed by atoms with Crippen molar-refractivity contribution in [3.63, 3.8) is 0 Å². The van der Waals surface area contributed by atoms with E-state index in [0.717, 1.165) is 26.8 Å². The van der Waals surface area contributed by atoms with Crippen molar-refractivity contribution in [2.45, 2.75) is 25.9 Å². The highest BCUT2D eigenvalue weighted by Crippen LogP contribution is 2.28. The van der Waals surface area contributed by atoms with Crippen LogP contribution in [0.2, 0.25) is 0 Å². The molecule has 0 saturated carbocycles. The molecule has 102 valence electrons. The molecular formula is C13H15Br2N3O. The minimum Gasteiger partial charge on any atom is -0.386 e. The molecule has 0 saturated heterocycles. The van der Waals surface area contributed by atoms with Gasteiger partial charge < -0.3 is 5.11 Å². The van der Waals surface area contributed by atoms with E-state index >= 15 is 0 Å². The summed E-state index contributed by atoms with van der Waals surface area (Å²) in [6.07, 6.45) is 2.35. The molecule has 0 amide bonds. The van der Waals surface area contributed by atoms with Crippen molar-refractivity contribution in [2.75, 3.05) is 0 Å². The zero-order valence-electron chi connectivity index (χ0n) is 10.8. The van der Waals surface area contributed by atoms with Crippen molar-refractivity contribution in [3.05, 3.63) is 44.4 Å². The van der Waals surface area contributed by atoms with E-state index in [-0.39, 0.29) is 0 Å². The van der Waals surface area contributed by atoms with Crippen LogP contribution < -0.4 is 0 Å². The molecule has 2 heterocycles. The molecule has 0 spiro atoms. The van der Waals surface area contributed by atoms with Gasteiger partial charge in [-0.3, -0.25) is 9.67 Å². The van der Waals surface area contributed by atoms with Gasteiger partial charge in [0.2, 0.25) is 0 Å². The molecule has 2 aromatic rings. The molecule has 0 aliphatic heterocycles. The predicted octanol–water partition coefficient (Wildman–Crippen LogP) is 3.18. The molecule has 0 bridgehead atoms. The molecule has 6 heteroatoms. The van der Waals surface area contributed by atoms with Crippen LogP contribution in [0.25, 0.3) is 0 Å². The number of aryl methyl sites for hydroxylation is 2. The van der Waals surface area contributed by atoms with Gasteiger partial charge in [0, 0.05) is 24.1 Å². The minimum atomic E-state index is -0.660. The van der Waals surface area contributed by atoms with Gasteiger partial charge in [-0.1, -0.05) is 6.92 Å². The van der Waals surface area contributed by atoms with Gasteiger partial charge in [-0.25, -0.2) is 0 Å². The second-order valence-corrected chi connectivity index (χ2v) is 5.92. The molecule has 19 heavy (non-hydrogen) atoms. The van der Waals surface area contributed by atoms with Crippen LogP contribution in [0.1, 0.15) is 30.1 Å². The topological polar surface area (TPSA) is 50.9 Å². The Morgan fingerprint density at radius 2 is 2.16 bits per heavy atom. The lowest BCUT2D eigenvalue weighted by Gasteiger charge is -2.12. The summed E-state index contributed by atoms with van der Waals surface area (Å²) in [5.74, 6) is 0. The Morgan fingerprint density at radius 1 is 1.42 bits per heavy atom. The zero-order chi connectivity index (χ0) is 14.0. The van der Waals surface area contributed by atoms with Crippen LogP contribution in [0.4, 0.5) is 0 Å². The number of nitrogens with zero attached hydrogens (tertiary/aromatic N) is 3. The van der Waals surface area contributed by atoms with Crippen LogP contribution in [-0.2, 0) is 19.9 Å². The summed E-state index contributed by atoms with van der Waals surface area (Å²) < 4.78 is 3.60. The maximum absolute atomic E-state index is 10.3. The Balaban J connectivity index is 2.27. The van der Waals surface area contributed by atoms with Gasteiger partial charge >= 0.3 is 0 Å². The standard InChI is InChI=1S/C13H15Br2N3O/c1-3-9-12(15)10(18(2)17-9)7-11(19)13-8(14)5-4-6-16-13/h4-6,11,19H,3,7H2,1-2H3. The Labute approximate surface area is 129 Å². The molecular weight excluding hydrogens is 374 g/mol. The minimum absolute atomic E-state index is 0.472. The first kappa shape index (κ1) is 14.7. The highest BCUT2D eigenvalue weighted by atomic mass is 79.9. The Morgan fingerprint density at radius 3 is 2.74 bits per heavy atom. The highest BCUT2D eigenvalue weighted by molar-refractivity contribution is 9.10. The monoisotopic (exact) mass is 387 g/mol. The summed E-state index contributed by atoms with van der Waals surface area (Å²) in [5.41, 5.74) is 2.63. The van der Waals surface area contributed by atoms with Crippen LogP contribution in [0, 0.1) is 0 Å². The highest BCUT2D eigenvalue weighted by Gasteiger charge is 2.19. The molecule has 2 rings (SSSR count). The summed E-state index contributed by atoms with van der Waals surface area (Å²) in [6.45, 7) is 2.06. The van der Waals surface area contributed by atoms with Gasteiger partial charge in [0.15, 0.2) is 0 Å². The maximum Gasteiger partial charge on any atom is 0.103 e. The van der Waals surface area contributed by atoms with Gasteiger partial charge in [-0.05, 0) is 50.4 Å². The number of aliphatic hydroxyl groups is 1. The van der Waals surface area contributed by atoms with E-state index in [1.165, 1.54) is 0 Å². The number of hydrogen-bond acceptors (Lipinski definition) is 3. The third kappa shape index (κ3) is 3.07.